The van der Waals surface area contributed by atoms with E-state index in [1.54, 1.807) is 18.5 Å². The van der Waals surface area contributed by atoms with Crippen molar-refractivity contribution in [2.75, 3.05) is 18.8 Å². The molecule has 1 aromatic carbocycles. The predicted octanol–water partition coefficient (Wildman–Crippen LogP) is 6.31. The van der Waals surface area contributed by atoms with Gasteiger partial charge in [-0.3, -0.25) is 10.1 Å². The van der Waals surface area contributed by atoms with Gasteiger partial charge in [0.15, 0.2) is 0 Å². The minimum Gasteiger partial charge on any atom is -0.383 e. The number of nitrogen functional groups attached to an aromatic ring is 1. The molecule has 1 saturated heterocycles. The smallest absolute Gasteiger partial charge is 0.132 e. The second-order valence-electron chi connectivity index (χ2n) is 7.56. The lowest BCUT2D eigenvalue weighted by Gasteiger charge is -2.22. The normalized spacial score (nSPS) is 13.6. The third-order valence-corrected chi connectivity index (χ3v) is 6.20. The number of nitrogens with one attached hydrogen (secondary N) is 2. The number of piperidine rings is 1. The fourth-order valence-corrected chi connectivity index (χ4v) is 4.66. The first-order chi connectivity index (χ1) is 14.6. The van der Waals surface area contributed by atoms with E-state index < -0.39 is 0 Å². The van der Waals surface area contributed by atoms with Gasteiger partial charge in [-0.1, -0.05) is 23.2 Å². The van der Waals surface area contributed by atoms with Gasteiger partial charge in [-0.2, -0.15) is 5.10 Å². The van der Waals surface area contributed by atoms with Crippen molar-refractivity contribution in [3.63, 3.8) is 0 Å². The van der Waals surface area contributed by atoms with Gasteiger partial charge in [-0.15, -0.1) is 37.2 Å². The van der Waals surface area contributed by atoms with Crippen molar-refractivity contribution >= 4 is 77.0 Å². The Morgan fingerprint density at radius 1 is 0.879 bits per heavy atom. The standard InChI is InChI=1S/C22H20Cl2N6.3ClH/c23-15-5-13-7-20(27-10-17(13)19(24)8-15)16-6-14(9-28-22(16)25)18-11-29-30-21(18)12-1-3-26-4-2-12;;;/h5-12,26H,1-4H2,(H2,25,28)(H,29,30);3*1H. The summed E-state index contributed by atoms with van der Waals surface area (Å²) in [6, 6.07) is 7.54. The molecular weight excluding hydrogens is 526 g/mol. The van der Waals surface area contributed by atoms with Gasteiger partial charge >= 0.3 is 0 Å². The summed E-state index contributed by atoms with van der Waals surface area (Å²) in [5.74, 6) is 0.874. The van der Waals surface area contributed by atoms with Crippen LogP contribution >= 0.6 is 60.4 Å². The topological polar surface area (TPSA) is 92.5 Å². The van der Waals surface area contributed by atoms with Gasteiger partial charge in [0.2, 0.25) is 0 Å². The Hall–Kier alpha value is -1.80. The van der Waals surface area contributed by atoms with Crippen LogP contribution in [0.2, 0.25) is 10.0 Å². The number of H-pyrrole nitrogens is 1. The van der Waals surface area contributed by atoms with Crippen LogP contribution in [-0.2, 0) is 0 Å². The molecule has 0 saturated carbocycles. The van der Waals surface area contributed by atoms with Crippen LogP contribution in [0.3, 0.4) is 0 Å². The van der Waals surface area contributed by atoms with Crippen molar-refractivity contribution in [3.8, 4) is 22.4 Å². The van der Waals surface area contributed by atoms with Crippen molar-refractivity contribution in [1.82, 2.24) is 25.5 Å². The van der Waals surface area contributed by atoms with E-state index in [1.807, 2.05) is 24.4 Å². The molecule has 5 rings (SSSR count). The summed E-state index contributed by atoms with van der Waals surface area (Å²) in [4.78, 5) is 9.03. The third kappa shape index (κ3) is 5.48. The maximum Gasteiger partial charge on any atom is 0.132 e. The van der Waals surface area contributed by atoms with E-state index in [1.165, 1.54) is 0 Å². The number of hydrogen-bond acceptors (Lipinski definition) is 5. The van der Waals surface area contributed by atoms with Crippen molar-refractivity contribution in [3.05, 3.63) is 58.6 Å². The Morgan fingerprint density at radius 2 is 1.64 bits per heavy atom. The first-order valence-corrected chi connectivity index (χ1v) is 10.6. The average molecular weight is 549 g/mol. The zero-order valence-corrected chi connectivity index (χ0v) is 21.3. The van der Waals surface area contributed by atoms with Crippen LogP contribution in [0.25, 0.3) is 33.2 Å². The molecule has 1 fully saturated rings. The summed E-state index contributed by atoms with van der Waals surface area (Å²) >= 11 is 12.5. The van der Waals surface area contributed by atoms with E-state index >= 15 is 0 Å². The molecule has 176 valence electrons. The average Bonchev–Trinajstić information content (AvgIpc) is 3.24. The molecule has 3 aromatic heterocycles. The lowest BCUT2D eigenvalue weighted by Crippen LogP contribution is -2.27. The first kappa shape index (κ1) is 27.4. The number of hydrogen-bond donors (Lipinski definition) is 3. The van der Waals surface area contributed by atoms with Gasteiger partial charge < -0.3 is 11.1 Å². The molecule has 4 heterocycles. The van der Waals surface area contributed by atoms with Gasteiger partial charge in [0.05, 0.1) is 16.9 Å². The number of nitrogens with two attached hydrogens (primary N) is 1. The molecule has 0 amide bonds. The number of aromatic nitrogens is 4. The first-order valence-electron chi connectivity index (χ1n) is 9.85. The van der Waals surface area contributed by atoms with Gasteiger partial charge in [0.1, 0.15) is 5.82 Å². The Kier molecular flexibility index (Phi) is 9.61. The molecule has 6 nitrogen and oxygen atoms in total. The van der Waals surface area contributed by atoms with Gasteiger partial charge in [-0.25, -0.2) is 4.98 Å². The molecule has 11 heteroatoms. The molecule has 0 spiro atoms. The van der Waals surface area contributed by atoms with Crippen molar-refractivity contribution < 1.29 is 0 Å². The lowest BCUT2D eigenvalue weighted by atomic mass is 9.90. The SMILES string of the molecule is Cl.Cl.Cl.Nc1ncc(-c2cn[nH]c2C2CCNCC2)cc1-c1cc2cc(Cl)cc(Cl)c2cn1. The zero-order chi connectivity index (χ0) is 20.7. The molecule has 0 unspecified atom stereocenters. The fraction of sp³-hybridized carbons (Fsp3) is 0.227. The molecule has 0 aliphatic carbocycles. The molecule has 0 atom stereocenters. The summed E-state index contributed by atoms with van der Waals surface area (Å²) in [7, 11) is 0. The number of rotatable bonds is 3. The summed E-state index contributed by atoms with van der Waals surface area (Å²) in [5.41, 5.74) is 10.9. The van der Waals surface area contributed by atoms with Crippen molar-refractivity contribution in [2.24, 2.45) is 0 Å². The molecule has 4 aromatic rings. The Labute approximate surface area is 220 Å². The van der Waals surface area contributed by atoms with Crippen LogP contribution in [0, 0.1) is 0 Å². The number of aromatic amines is 1. The second-order valence-corrected chi connectivity index (χ2v) is 8.40. The number of fused-ring (bicyclic) bond motifs is 1. The highest BCUT2D eigenvalue weighted by Gasteiger charge is 2.21. The van der Waals surface area contributed by atoms with E-state index in [2.05, 4.69) is 25.5 Å². The minimum absolute atomic E-state index is 0. The van der Waals surface area contributed by atoms with Crippen LogP contribution in [0.1, 0.15) is 24.5 Å². The lowest BCUT2D eigenvalue weighted by molar-refractivity contribution is 0.453. The highest BCUT2D eigenvalue weighted by molar-refractivity contribution is 6.38. The Balaban J connectivity index is 0.00000128. The molecule has 33 heavy (non-hydrogen) atoms. The Morgan fingerprint density at radius 3 is 2.39 bits per heavy atom. The number of benzene rings is 1. The van der Waals surface area contributed by atoms with Crippen LogP contribution < -0.4 is 11.1 Å². The summed E-state index contributed by atoms with van der Waals surface area (Å²) in [6.07, 6.45) is 7.56. The van der Waals surface area contributed by atoms with Crippen molar-refractivity contribution in [1.29, 1.82) is 0 Å². The molecule has 1 aliphatic heterocycles. The van der Waals surface area contributed by atoms with Gasteiger partial charge in [0.25, 0.3) is 0 Å². The highest BCUT2D eigenvalue weighted by Crippen LogP contribution is 2.36. The summed E-state index contributed by atoms with van der Waals surface area (Å²) < 4.78 is 0. The van der Waals surface area contributed by atoms with E-state index in [4.69, 9.17) is 28.9 Å². The van der Waals surface area contributed by atoms with Crippen LogP contribution in [0.15, 0.2) is 42.9 Å². The highest BCUT2D eigenvalue weighted by atomic mass is 35.5. The number of anilines is 1. The van der Waals surface area contributed by atoms with E-state index in [9.17, 15) is 0 Å². The zero-order valence-electron chi connectivity index (χ0n) is 17.3. The monoisotopic (exact) mass is 546 g/mol. The second kappa shape index (κ2) is 11.6. The molecule has 1 aliphatic rings. The number of pyridine rings is 2. The summed E-state index contributed by atoms with van der Waals surface area (Å²) in [6.45, 7) is 2.03. The maximum absolute atomic E-state index is 6.30. The van der Waals surface area contributed by atoms with E-state index in [0.717, 1.165) is 64.8 Å². The van der Waals surface area contributed by atoms with E-state index in [0.29, 0.717) is 21.8 Å². The third-order valence-electron chi connectivity index (χ3n) is 5.67. The van der Waals surface area contributed by atoms with Crippen LogP contribution in [0.4, 0.5) is 5.82 Å². The molecular formula is C22H23Cl5N6. The molecule has 4 N–H and O–H groups in total. The van der Waals surface area contributed by atoms with Crippen LogP contribution in [-0.4, -0.2) is 33.3 Å². The van der Waals surface area contributed by atoms with Gasteiger partial charge in [0, 0.05) is 51.1 Å². The Bertz CT molecular complexity index is 1240. The summed E-state index contributed by atoms with van der Waals surface area (Å²) in [5, 5.41) is 13.8. The number of halogens is 5. The van der Waals surface area contributed by atoms with Crippen LogP contribution in [0.5, 0.6) is 0 Å². The predicted molar refractivity (Wildman–Crippen MR) is 144 cm³/mol. The van der Waals surface area contributed by atoms with Gasteiger partial charge in [-0.05, 0) is 55.6 Å². The fourth-order valence-electron chi connectivity index (χ4n) is 4.10. The number of nitrogens with zero attached hydrogens (tertiary/aromatic N) is 3. The van der Waals surface area contributed by atoms with E-state index in [-0.39, 0.29) is 37.2 Å². The molecule has 0 radical (unpaired) electrons. The largest absolute Gasteiger partial charge is 0.383 e. The maximum atomic E-state index is 6.30. The molecule has 0 bridgehead atoms. The minimum atomic E-state index is 0. The quantitative estimate of drug-likeness (QED) is 0.279. The van der Waals surface area contributed by atoms with Crippen molar-refractivity contribution in [2.45, 2.75) is 18.8 Å².